The molecule has 1 aliphatic rings. The Kier molecular flexibility index (Phi) is 3.56. The molecule has 0 saturated heterocycles. The van der Waals surface area contributed by atoms with Crippen LogP contribution < -0.4 is 10.5 Å². The van der Waals surface area contributed by atoms with Crippen LogP contribution in [0.4, 0.5) is 5.69 Å². The van der Waals surface area contributed by atoms with Crippen molar-refractivity contribution in [3.8, 4) is 0 Å². The highest BCUT2D eigenvalue weighted by molar-refractivity contribution is 7.95. The van der Waals surface area contributed by atoms with E-state index in [1.54, 1.807) is 12.1 Å². The van der Waals surface area contributed by atoms with E-state index in [1.807, 2.05) is 6.07 Å². The van der Waals surface area contributed by atoms with Crippen molar-refractivity contribution in [1.82, 2.24) is 0 Å². The molecule has 1 aromatic carbocycles. The number of thiocarbonyl (C=S) groups is 1. The van der Waals surface area contributed by atoms with E-state index < -0.39 is 15.3 Å². The van der Waals surface area contributed by atoms with E-state index in [-0.39, 0.29) is 4.99 Å². The van der Waals surface area contributed by atoms with E-state index in [2.05, 4.69) is 4.72 Å². The number of hydrogen-bond donors (Lipinski definition) is 2. The highest BCUT2D eigenvalue weighted by Gasteiger charge is 2.23. The molecule has 1 heterocycles. The fourth-order valence-corrected chi connectivity index (χ4v) is 2.96. The SMILES string of the molecule is CC(C(N)=S)S(=O)(=O)Nc1ccc2c(c1)COC2. The minimum Gasteiger partial charge on any atom is -0.392 e. The summed E-state index contributed by atoms with van der Waals surface area (Å²) in [6.45, 7) is 2.54. The highest BCUT2D eigenvalue weighted by Crippen LogP contribution is 2.24. The number of rotatable bonds is 4. The van der Waals surface area contributed by atoms with E-state index in [1.165, 1.54) is 6.92 Å². The molecule has 5 nitrogen and oxygen atoms in total. The van der Waals surface area contributed by atoms with Gasteiger partial charge in [-0.05, 0) is 30.2 Å². The summed E-state index contributed by atoms with van der Waals surface area (Å²) in [6, 6.07) is 5.33. The third-order valence-electron chi connectivity index (χ3n) is 2.85. The maximum atomic E-state index is 11.9. The Hall–Kier alpha value is -1.18. The first-order valence-electron chi connectivity index (χ1n) is 5.40. The van der Waals surface area contributed by atoms with Crippen molar-refractivity contribution >= 4 is 32.9 Å². The zero-order valence-electron chi connectivity index (χ0n) is 9.84. The van der Waals surface area contributed by atoms with Crippen molar-refractivity contribution in [2.45, 2.75) is 25.4 Å². The molecule has 0 radical (unpaired) electrons. The molecule has 2 rings (SSSR count). The summed E-state index contributed by atoms with van der Waals surface area (Å²) in [5.74, 6) is 0. The number of hydrogen-bond acceptors (Lipinski definition) is 4. The maximum Gasteiger partial charge on any atom is 0.241 e. The lowest BCUT2D eigenvalue weighted by Gasteiger charge is -2.14. The number of nitrogens with two attached hydrogens (primary N) is 1. The van der Waals surface area contributed by atoms with Gasteiger partial charge in [0.05, 0.1) is 18.2 Å². The lowest BCUT2D eigenvalue weighted by molar-refractivity contribution is 0.134. The largest absolute Gasteiger partial charge is 0.392 e. The molecule has 0 fully saturated rings. The van der Waals surface area contributed by atoms with Crippen LogP contribution in [0.25, 0.3) is 0 Å². The first kappa shape index (κ1) is 13.3. The lowest BCUT2D eigenvalue weighted by atomic mass is 10.1. The van der Waals surface area contributed by atoms with Gasteiger partial charge in [-0.1, -0.05) is 18.3 Å². The van der Waals surface area contributed by atoms with Gasteiger partial charge in [-0.15, -0.1) is 0 Å². The third kappa shape index (κ3) is 2.63. The monoisotopic (exact) mass is 286 g/mol. The van der Waals surface area contributed by atoms with Gasteiger partial charge in [0.1, 0.15) is 5.25 Å². The van der Waals surface area contributed by atoms with Gasteiger partial charge in [0, 0.05) is 5.69 Å². The van der Waals surface area contributed by atoms with E-state index in [9.17, 15) is 8.42 Å². The zero-order chi connectivity index (χ0) is 13.3. The first-order chi connectivity index (χ1) is 8.40. The molecule has 1 atom stereocenters. The fourth-order valence-electron chi connectivity index (χ4n) is 1.64. The Balaban J connectivity index is 2.22. The number of anilines is 1. The van der Waals surface area contributed by atoms with Crippen LogP contribution in [0.1, 0.15) is 18.1 Å². The Labute approximate surface area is 111 Å². The predicted molar refractivity (Wildman–Crippen MR) is 73.7 cm³/mol. The van der Waals surface area contributed by atoms with Gasteiger partial charge in [0.2, 0.25) is 10.0 Å². The van der Waals surface area contributed by atoms with E-state index in [0.29, 0.717) is 18.9 Å². The van der Waals surface area contributed by atoms with Crippen LogP contribution in [0.15, 0.2) is 18.2 Å². The fraction of sp³-hybridized carbons (Fsp3) is 0.364. The Bertz CT molecular complexity index is 584. The van der Waals surface area contributed by atoms with Crippen LogP contribution in [0, 0.1) is 0 Å². The van der Waals surface area contributed by atoms with Gasteiger partial charge in [-0.2, -0.15) is 0 Å². The van der Waals surface area contributed by atoms with Gasteiger partial charge >= 0.3 is 0 Å². The average Bonchev–Trinajstić information content (AvgIpc) is 2.74. The van der Waals surface area contributed by atoms with Crippen LogP contribution in [0.2, 0.25) is 0 Å². The number of nitrogens with one attached hydrogen (secondary N) is 1. The smallest absolute Gasteiger partial charge is 0.241 e. The standard InChI is InChI=1S/C11H14N2O3S2/c1-7(11(12)17)18(14,15)13-10-3-2-8-5-16-6-9(8)4-10/h2-4,7,13H,5-6H2,1H3,(H2,12,17). The lowest BCUT2D eigenvalue weighted by Crippen LogP contribution is -2.35. The molecule has 3 N–H and O–H groups in total. The summed E-state index contributed by atoms with van der Waals surface area (Å²) in [7, 11) is -3.59. The Morgan fingerprint density at radius 2 is 2.11 bits per heavy atom. The topological polar surface area (TPSA) is 81.4 Å². The van der Waals surface area contributed by atoms with Crippen molar-refractivity contribution in [1.29, 1.82) is 0 Å². The van der Waals surface area contributed by atoms with Crippen LogP contribution in [0.5, 0.6) is 0 Å². The van der Waals surface area contributed by atoms with Gasteiger partial charge in [-0.3, -0.25) is 4.72 Å². The van der Waals surface area contributed by atoms with Crippen molar-refractivity contribution in [2.75, 3.05) is 4.72 Å². The van der Waals surface area contributed by atoms with Crippen molar-refractivity contribution < 1.29 is 13.2 Å². The summed E-state index contributed by atoms with van der Waals surface area (Å²) < 4.78 is 31.6. The van der Waals surface area contributed by atoms with Gasteiger partial charge in [0.15, 0.2) is 0 Å². The second-order valence-corrected chi connectivity index (χ2v) is 6.64. The molecule has 0 aliphatic carbocycles. The summed E-state index contributed by atoms with van der Waals surface area (Å²) in [4.78, 5) is -0.0491. The van der Waals surface area contributed by atoms with E-state index >= 15 is 0 Å². The summed E-state index contributed by atoms with van der Waals surface area (Å²) >= 11 is 4.70. The summed E-state index contributed by atoms with van der Waals surface area (Å²) in [6.07, 6.45) is 0. The maximum absolute atomic E-state index is 11.9. The zero-order valence-corrected chi connectivity index (χ0v) is 11.5. The van der Waals surface area contributed by atoms with Crippen LogP contribution in [-0.2, 0) is 28.0 Å². The average molecular weight is 286 g/mol. The number of benzene rings is 1. The number of sulfonamides is 1. The van der Waals surface area contributed by atoms with Crippen molar-refractivity contribution in [3.05, 3.63) is 29.3 Å². The molecular weight excluding hydrogens is 272 g/mol. The number of ether oxygens (including phenoxy) is 1. The molecule has 1 unspecified atom stereocenters. The second-order valence-electron chi connectivity index (χ2n) is 4.17. The van der Waals surface area contributed by atoms with Gasteiger partial charge in [0.25, 0.3) is 0 Å². The molecule has 1 aliphatic heterocycles. The summed E-state index contributed by atoms with van der Waals surface area (Å²) in [5.41, 5.74) is 7.94. The normalized spacial score (nSPS) is 16.1. The molecule has 0 amide bonds. The molecule has 0 saturated carbocycles. The quantitative estimate of drug-likeness (QED) is 0.811. The molecule has 0 aromatic heterocycles. The molecule has 98 valence electrons. The Morgan fingerprint density at radius 3 is 2.78 bits per heavy atom. The van der Waals surface area contributed by atoms with Crippen LogP contribution in [-0.4, -0.2) is 18.7 Å². The highest BCUT2D eigenvalue weighted by atomic mass is 32.2. The molecular formula is C11H14N2O3S2. The third-order valence-corrected chi connectivity index (χ3v) is 5.06. The van der Waals surface area contributed by atoms with E-state index in [0.717, 1.165) is 11.1 Å². The summed E-state index contributed by atoms with van der Waals surface area (Å²) in [5, 5.41) is -0.906. The van der Waals surface area contributed by atoms with Gasteiger partial charge < -0.3 is 10.5 Å². The van der Waals surface area contributed by atoms with Gasteiger partial charge in [-0.25, -0.2) is 8.42 Å². The minimum atomic E-state index is -3.59. The van der Waals surface area contributed by atoms with E-state index in [4.69, 9.17) is 22.7 Å². The predicted octanol–water partition coefficient (Wildman–Crippen LogP) is 1.13. The van der Waals surface area contributed by atoms with Crippen LogP contribution in [0.3, 0.4) is 0 Å². The van der Waals surface area contributed by atoms with Crippen molar-refractivity contribution in [3.63, 3.8) is 0 Å². The first-order valence-corrected chi connectivity index (χ1v) is 7.36. The Morgan fingerprint density at radius 1 is 1.44 bits per heavy atom. The molecule has 18 heavy (non-hydrogen) atoms. The number of fused-ring (bicyclic) bond motifs is 1. The minimum absolute atomic E-state index is 0.0491. The molecule has 0 spiro atoms. The molecule has 1 aromatic rings. The second kappa shape index (κ2) is 4.83. The molecule has 7 heteroatoms. The van der Waals surface area contributed by atoms with Crippen molar-refractivity contribution in [2.24, 2.45) is 5.73 Å². The van der Waals surface area contributed by atoms with Crippen LogP contribution >= 0.6 is 12.2 Å². The molecule has 0 bridgehead atoms.